The summed E-state index contributed by atoms with van der Waals surface area (Å²) in [5.41, 5.74) is 1.06. The average molecular weight is 703 g/mol. The van der Waals surface area contributed by atoms with Crippen molar-refractivity contribution in [3.05, 3.63) is 113 Å². The highest BCUT2D eigenvalue weighted by molar-refractivity contribution is 7.59. The van der Waals surface area contributed by atoms with Crippen molar-refractivity contribution in [1.29, 1.82) is 0 Å². The molecule has 5 rings (SSSR count). The third kappa shape index (κ3) is 8.12. The van der Waals surface area contributed by atoms with Crippen LogP contribution in [-0.2, 0) is 22.3 Å². The fourth-order valence-electron chi connectivity index (χ4n) is 5.96. The summed E-state index contributed by atoms with van der Waals surface area (Å²) in [5, 5.41) is 7.79. The second-order valence-corrected chi connectivity index (χ2v) is 11.7. The minimum absolute atomic E-state index is 0. The van der Waals surface area contributed by atoms with E-state index in [0.717, 1.165) is 18.2 Å². The maximum atomic E-state index is 14.4. The van der Waals surface area contributed by atoms with Crippen molar-refractivity contribution < 1.29 is 31.9 Å². The number of carbonyl (C=O) groups excluding carboxylic acids is 3. The van der Waals surface area contributed by atoms with Crippen LogP contribution in [0.4, 0.5) is 23.4 Å². The van der Waals surface area contributed by atoms with Gasteiger partial charge in [0, 0.05) is 36.4 Å². The van der Waals surface area contributed by atoms with Gasteiger partial charge in [-0.15, -0.1) is 0 Å². The predicted octanol–water partition coefficient (Wildman–Crippen LogP) is 7.31. The SMILES string of the molecule is CCN1C(=O)[C@@H](CC(=O)c2cccc(C(F)(F)F)c2)[C@@H](c2ccc(F)cc2)c2c(CNC(=O)CC(C)C)nn(-c3ccccc3)c21.S.S. The first-order valence-corrected chi connectivity index (χ1v) is 15.1. The first kappa shape index (κ1) is 38.3. The number of alkyl halides is 3. The third-order valence-electron chi connectivity index (χ3n) is 8.04. The molecule has 0 spiro atoms. The molecule has 256 valence electrons. The molecule has 4 aromatic rings. The van der Waals surface area contributed by atoms with Gasteiger partial charge in [0.05, 0.1) is 29.4 Å². The quantitative estimate of drug-likeness (QED) is 0.139. The number of hydrogen-bond donors (Lipinski definition) is 1. The van der Waals surface area contributed by atoms with Gasteiger partial charge in [-0.2, -0.15) is 45.3 Å². The van der Waals surface area contributed by atoms with Crippen LogP contribution < -0.4 is 10.2 Å². The summed E-state index contributed by atoms with van der Waals surface area (Å²) < 4.78 is 56.2. The third-order valence-corrected chi connectivity index (χ3v) is 8.04. The predicted molar refractivity (Wildman–Crippen MR) is 186 cm³/mol. The van der Waals surface area contributed by atoms with E-state index in [1.165, 1.54) is 35.2 Å². The number of nitrogens with one attached hydrogen (secondary N) is 1. The van der Waals surface area contributed by atoms with E-state index in [1.807, 2.05) is 44.2 Å². The second kappa shape index (κ2) is 15.9. The van der Waals surface area contributed by atoms with Crippen LogP contribution in [-0.4, -0.2) is 33.9 Å². The van der Waals surface area contributed by atoms with Crippen molar-refractivity contribution >= 4 is 50.4 Å². The summed E-state index contributed by atoms with van der Waals surface area (Å²) in [4.78, 5) is 42.2. The minimum Gasteiger partial charge on any atom is -0.350 e. The molecular weight excluding hydrogens is 665 g/mol. The summed E-state index contributed by atoms with van der Waals surface area (Å²) in [5.74, 6) is -3.07. The first-order chi connectivity index (χ1) is 21.9. The van der Waals surface area contributed by atoms with E-state index in [2.05, 4.69) is 5.32 Å². The van der Waals surface area contributed by atoms with E-state index in [0.29, 0.717) is 28.3 Å². The Bertz CT molecular complexity index is 1740. The fraction of sp³-hybridized carbons (Fsp3) is 0.314. The van der Waals surface area contributed by atoms with Gasteiger partial charge in [-0.3, -0.25) is 19.3 Å². The molecule has 1 aliphatic rings. The Morgan fingerprint density at radius 2 is 1.62 bits per heavy atom. The Morgan fingerprint density at radius 3 is 2.23 bits per heavy atom. The van der Waals surface area contributed by atoms with E-state index in [-0.39, 0.29) is 63.9 Å². The molecule has 0 saturated heterocycles. The zero-order chi connectivity index (χ0) is 33.2. The molecule has 0 aliphatic carbocycles. The van der Waals surface area contributed by atoms with E-state index in [9.17, 15) is 31.9 Å². The number of rotatable bonds is 10. The highest BCUT2D eigenvalue weighted by atomic mass is 32.1. The molecule has 13 heteroatoms. The standard InChI is InChI=1S/C35H34F4N4O3.2H2S/c1-4-42-33-32(28(20-40-30(45)17-21(2)3)41-43(33)26-11-6-5-7-12-26)31(22-13-15-25(36)16-14-22)27(34(42)46)19-29(44)23-9-8-10-24(18-23)35(37,38)39;;/h5-16,18,21,27,31H,4,17,19-20H2,1-3H3,(H,40,45);2*1H2/t27-,31+;;/m0../s1. The van der Waals surface area contributed by atoms with Crippen LogP contribution in [0.25, 0.3) is 5.69 Å². The normalized spacial score (nSPS) is 15.8. The number of amides is 2. The van der Waals surface area contributed by atoms with Crippen molar-refractivity contribution in [3.63, 3.8) is 0 Å². The minimum atomic E-state index is -4.65. The lowest BCUT2D eigenvalue weighted by atomic mass is 9.74. The summed E-state index contributed by atoms with van der Waals surface area (Å²) in [6.45, 7) is 5.84. The summed E-state index contributed by atoms with van der Waals surface area (Å²) in [7, 11) is 0. The van der Waals surface area contributed by atoms with Crippen molar-refractivity contribution in [1.82, 2.24) is 15.1 Å². The van der Waals surface area contributed by atoms with Gasteiger partial charge in [0.15, 0.2) is 5.78 Å². The van der Waals surface area contributed by atoms with Crippen LogP contribution >= 0.6 is 27.0 Å². The van der Waals surface area contributed by atoms with Crippen LogP contribution in [0.1, 0.15) is 72.3 Å². The van der Waals surface area contributed by atoms with Crippen molar-refractivity contribution in [3.8, 4) is 5.69 Å². The van der Waals surface area contributed by atoms with Crippen molar-refractivity contribution in [2.45, 2.75) is 52.3 Å². The molecule has 2 atom stereocenters. The van der Waals surface area contributed by atoms with Gasteiger partial charge < -0.3 is 5.32 Å². The number of ketones is 1. The van der Waals surface area contributed by atoms with Crippen molar-refractivity contribution in [2.24, 2.45) is 11.8 Å². The lowest BCUT2D eigenvalue weighted by Gasteiger charge is -2.38. The van der Waals surface area contributed by atoms with Gasteiger partial charge in [0.2, 0.25) is 11.8 Å². The van der Waals surface area contributed by atoms with Crippen LogP contribution in [0.15, 0.2) is 78.9 Å². The molecule has 2 amide bonds. The molecule has 0 saturated carbocycles. The first-order valence-electron chi connectivity index (χ1n) is 15.1. The summed E-state index contributed by atoms with van der Waals surface area (Å²) in [6, 6.07) is 18.8. The van der Waals surface area contributed by atoms with Gasteiger partial charge in [0.1, 0.15) is 11.6 Å². The lowest BCUT2D eigenvalue weighted by Crippen LogP contribution is -2.45. The zero-order valence-electron chi connectivity index (χ0n) is 26.6. The van der Waals surface area contributed by atoms with Crippen LogP contribution in [0.5, 0.6) is 0 Å². The molecular formula is C35H38F4N4O3S2. The molecule has 1 aromatic heterocycles. The zero-order valence-corrected chi connectivity index (χ0v) is 28.6. The summed E-state index contributed by atoms with van der Waals surface area (Å²) in [6.07, 6.45) is -4.77. The highest BCUT2D eigenvalue weighted by Crippen LogP contribution is 2.47. The van der Waals surface area contributed by atoms with E-state index in [1.54, 1.807) is 11.6 Å². The number of para-hydroxylation sites is 1. The number of nitrogens with zero attached hydrogens (tertiary/aromatic N) is 3. The van der Waals surface area contributed by atoms with Crippen LogP contribution in [0, 0.1) is 17.7 Å². The maximum absolute atomic E-state index is 14.4. The summed E-state index contributed by atoms with van der Waals surface area (Å²) >= 11 is 0. The lowest BCUT2D eigenvalue weighted by molar-refractivity contribution is -0.137. The molecule has 0 unspecified atom stereocenters. The second-order valence-electron chi connectivity index (χ2n) is 11.7. The number of Topliss-reactive ketones (excluding diaryl/α,β-unsaturated/α-hetero) is 1. The Hall–Kier alpha value is -4.10. The molecule has 2 heterocycles. The van der Waals surface area contributed by atoms with E-state index >= 15 is 0 Å². The monoisotopic (exact) mass is 702 g/mol. The number of halogens is 4. The van der Waals surface area contributed by atoms with Gasteiger partial charge in [-0.25, -0.2) is 9.07 Å². The van der Waals surface area contributed by atoms with Crippen LogP contribution in [0.2, 0.25) is 0 Å². The highest BCUT2D eigenvalue weighted by Gasteiger charge is 2.46. The Balaban J connectivity index is 0.00000312. The molecule has 0 bridgehead atoms. The van der Waals surface area contributed by atoms with Crippen molar-refractivity contribution in [2.75, 3.05) is 11.4 Å². The number of carbonyl (C=O) groups is 3. The molecule has 1 N–H and O–H groups in total. The number of anilines is 1. The van der Waals surface area contributed by atoms with Gasteiger partial charge >= 0.3 is 6.18 Å². The molecule has 3 aromatic carbocycles. The van der Waals surface area contributed by atoms with Gasteiger partial charge in [-0.1, -0.05) is 56.3 Å². The number of aromatic nitrogens is 2. The molecule has 48 heavy (non-hydrogen) atoms. The van der Waals surface area contributed by atoms with Gasteiger partial charge in [-0.05, 0) is 54.8 Å². The molecule has 0 fully saturated rings. The fourth-order valence-corrected chi connectivity index (χ4v) is 5.96. The topological polar surface area (TPSA) is 84.3 Å². The molecule has 0 radical (unpaired) electrons. The smallest absolute Gasteiger partial charge is 0.350 e. The maximum Gasteiger partial charge on any atom is 0.416 e. The Kier molecular flexibility index (Phi) is 12.7. The number of benzene rings is 3. The van der Waals surface area contributed by atoms with E-state index in [4.69, 9.17) is 5.10 Å². The largest absolute Gasteiger partial charge is 0.416 e. The van der Waals surface area contributed by atoms with Crippen LogP contribution in [0.3, 0.4) is 0 Å². The number of fused-ring (bicyclic) bond motifs is 1. The van der Waals surface area contributed by atoms with E-state index < -0.39 is 47.5 Å². The van der Waals surface area contributed by atoms with Gasteiger partial charge in [0.25, 0.3) is 0 Å². The average Bonchev–Trinajstić information content (AvgIpc) is 3.39. The molecule has 1 aliphatic heterocycles. The molecule has 7 nitrogen and oxygen atoms in total. The number of hydrogen-bond acceptors (Lipinski definition) is 4. The Labute approximate surface area is 290 Å². The Morgan fingerprint density at radius 1 is 0.958 bits per heavy atom.